The number of thioether (sulfide) groups is 2. The van der Waals surface area contributed by atoms with Crippen LogP contribution in [0.1, 0.15) is 34.3 Å². The van der Waals surface area contributed by atoms with Gasteiger partial charge >= 0.3 is 0 Å². The maximum Gasteiger partial charge on any atom is 0.203 e. The Morgan fingerprint density at radius 2 is 1.53 bits per heavy atom. The van der Waals surface area contributed by atoms with Crippen LogP contribution in [0.5, 0.6) is 28.7 Å². The SMILES string of the molecule is C=CS(=O)(=O)c1cc([C@H]2SC[C@H](c3cc(OC)c(OC)c(OC)c3)S2)cc(OC)c1OCCC. The van der Waals surface area contributed by atoms with Gasteiger partial charge in [0.15, 0.2) is 23.0 Å². The van der Waals surface area contributed by atoms with E-state index in [9.17, 15) is 8.42 Å². The molecule has 0 aliphatic carbocycles. The predicted octanol–water partition coefficient (Wildman–Crippen LogP) is 5.65. The van der Waals surface area contributed by atoms with Gasteiger partial charge in [-0.3, -0.25) is 0 Å². The molecule has 1 saturated heterocycles. The zero-order chi connectivity index (χ0) is 24.9. The van der Waals surface area contributed by atoms with E-state index in [0.717, 1.165) is 28.7 Å². The molecule has 0 spiro atoms. The van der Waals surface area contributed by atoms with E-state index in [0.29, 0.717) is 29.6 Å². The molecule has 2 atom stereocenters. The van der Waals surface area contributed by atoms with Crippen molar-refractivity contribution < 1.29 is 32.1 Å². The van der Waals surface area contributed by atoms with Gasteiger partial charge in [-0.2, -0.15) is 0 Å². The summed E-state index contributed by atoms with van der Waals surface area (Å²) in [6.07, 6.45) is 0.739. The minimum Gasteiger partial charge on any atom is -0.493 e. The van der Waals surface area contributed by atoms with Crippen LogP contribution in [-0.4, -0.2) is 49.2 Å². The quantitative estimate of drug-likeness (QED) is 0.369. The van der Waals surface area contributed by atoms with Crippen molar-refractivity contribution in [3.63, 3.8) is 0 Å². The van der Waals surface area contributed by atoms with Gasteiger partial charge in [0.25, 0.3) is 0 Å². The monoisotopic (exact) mass is 526 g/mol. The molecule has 0 aromatic heterocycles. The second-order valence-electron chi connectivity index (χ2n) is 7.36. The normalized spacial score (nSPS) is 17.8. The van der Waals surface area contributed by atoms with E-state index >= 15 is 0 Å². The van der Waals surface area contributed by atoms with Gasteiger partial charge in [-0.15, -0.1) is 23.5 Å². The molecule has 0 saturated carbocycles. The number of rotatable bonds is 11. The summed E-state index contributed by atoms with van der Waals surface area (Å²) in [5.74, 6) is 3.20. The summed E-state index contributed by atoms with van der Waals surface area (Å²) in [7, 11) is 2.53. The van der Waals surface area contributed by atoms with E-state index in [1.54, 1.807) is 50.9 Å². The Morgan fingerprint density at radius 1 is 0.941 bits per heavy atom. The molecule has 2 aromatic rings. The zero-order valence-electron chi connectivity index (χ0n) is 20.0. The molecule has 2 aromatic carbocycles. The van der Waals surface area contributed by atoms with E-state index < -0.39 is 9.84 Å². The molecule has 10 heteroatoms. The van der Waals surface area contributed by atoms with Crippen LogP contribution in [-0.2, 0) is 9.84 Å². The third-order valence-electron chi connectivity index (χ3n) is 5.26. The van der Waals surface area contributed by atoms with Crippen LogP contribution in [0.4, 0.5) is 0 Å². The van der Waals surface area contributed by atoms with Crippen LogP contribution in [0.25, 0.3) is 0 Å². The Hall–Kier alpha value is -2.17. The van der Waals surface area contributed by atoms with Crippen molar-refractivity contribution >= 4 is 33.4 Å². The first kappa shape index (κ1) is 26.4. The van der Waals surface area contributed by atoms with Crippen molar-refractivity contribution in [2.45, 2.75) is 28.1 Å². The molecule has 0 radical (unpaired) electrons. The number of benzene rings is 2. The Kier molecular flexibility index (Phi) is 8.95. The summed E-state index contributed by atoms with van der Waals surface area (Å²) < 4.78 is 53.3. The Balaban J connectivity index is 1.98. The lowest BCUT2D eigenvalue weighted by molar-refractivity contribution is 0.286. The van der Waals surface area contributed by atoms with Gasteiger partial charge in [0.05, 0.1) is 39.6 Å². The van der Waals surface area contributed by atoms with Crippen LogP contribution in [0.3, 0.4) is 0 Å². The molecule has 1 fully saturated rings. The molecule has 0 amide bonds. The molecule has 7 nitrogen and oxygen atoms in total. The minimum absolute atomic E-state index is 0.00279. The first-order valence-corrected chi connectivity index (χ1v) is 14.2. The van der Waals surface area contributed by atoms with Gasteiger partial charge in [-0.05, 0) is 41.8 Å². The van der Waals surface area contributed by atoms with E-state index in [4.69, 9.17) is 23.7 Å². The third kappa shape index (κ3) is 5.39. The van der Waals surface area contributed by atoms with Gasteiger partial charge in [0.2, 0.25) is 15.6 Å². The highest BCUT2D eigenvalue weighted by molar-refractivity contribution is 8.19. The summed E-state index contributed by atoms with van der Waals surface area (Å²) in [6, 6.07) is 7.44. The summed E-state index contributed by atoms with van der Waals surface area (Å²) in [4.78, 5) is 0.0720. The Bertz CT molecular complexity index is 1110. The maximum atomic E-state index is 12.8. The van der Waals surface area contributed by atoms with Gasteiger partial charge in [-0.25, -0.2) is 8.42 Å². The van der Waals surface area contributed by atoms with Gasteiger partial charge in [-0.1, -0.05) is 13.5 Å². The van der Waals surface area contributed by atoms with E-state index in [1.165, 1.54) is 7.11 Å². The van der Waals surface area contributed by atoms with Gasteiger partial charge in [0.1, 0.15) is 4.90 Å². The van der Waals surface area contributed by atoms with Crippen LogP contribution < -0.4 is 23.7 Å². The topological polar surface area (TPSA) is 80.3 Å². The molecule has 1 aliphatic rings. The molecule has 0 unspecified atom stereocenters. The zero-order valence-corrected chi connectivity index (χ0v) is 22.4. The van der Waals surface area contributed by atoms with E-state index in [2.05, 4.69) is 6.58 Å². The summed E-state index contributed by atoms with van der Waals surface area (Å²) in [6.45, 7) is 5.82. The summed E-state index contributed by atoms with van der Waals surface area (Å²) >= 11 is 3.47. The molecule has 186 valence electrons. The molecule has 0 bridgehead atoms. The summed E-state index contributed by atoms with van der Waals surface area (Å²) in [5, 5.41) is 1.09. The fourth-order valence-electron chi connectivity index (χ4n) is 3.57. The fraction of sp³-hybridized carbons (Fsp3) is 0.417. The average molecular weight is 527 g/mol. The van der Waals surface area contributed by atoms with Gasteiger partial charge in [0, 0.05) is 16.4 Å². The second kappa shape index (κ2) is 11.5. The van der Waals surface area contributed by atoms with Crippen LogP contribution >= 0.6 is 23.5 Å². The molecular formula is C24H30O7S3. The fourth-order valence-corrected chi connectivity index (χ4v) is 7.73. The molecule has 34 heavy (non-hydrogen) atoms. The highest BCUT2D eigenvalue weighted by atomic mass is 32.2. The first-order chi connectivity index (χ1) is 16.3. The minimum atomic E-state index is -3.74. The van der Waals surface area contributed by atoms with Crippen molar-refractivity contribution in [2.24, 2.45) is 0 Å². The summed E-state index contributed by atoms with van der Waals surface area (Å²) in [5.41, 5.74) is 1.88. The predicted molar refractivity (Wildman–Crippen MR) is 138 cm³/mol. The van der Waals surface area contributed by atoms with Crippen LogP contribution in [0.2, 0.25) is 0 Å². The highest BCUT2D eigenvalue weighted by Gasteiger charge is 2.32. The lowest BCUT2D eigenvalue weighted by Crippen LogP contribution is -2.06. The maximum absolute atomic E-state index is 12.8. The van der Waals surface area contributed by atoms with Crippen molar-refractivity contribution in [1.82, 2.24) is 0 Å². The van der Waals surface area contributed by atoms with Crippen LogP contribution in [0.15, 0.2) is 41.1 Å². The number of methoxy groups -OCH3 is 4. The lowest BCUT2D eigenvalue weighted by atomic mass is 10.1. The standard InChI is InChI=1S/C24H30O7S3/c1-7-9-31-23-19(29-5)12-16(13-21(23)34(25,26)8-2)24-32-14-20(33-24)15-10-17(27-3)22(30-6)18(11-15)28-4/h8,10-13,20,24H,2,7,9,14H2,1,3-6H3/t20-,24+/m1/s1. The smallest absolute Gasteiger partial charge is 0.203 e. The van der Waals surface area contributed by atoms with E-state index in [1.807, 2.05) is 25.1 Å². The number of sulfone groups is 1. The molecule has 3 rings (SSSR count). The Labute approximate surface area is 210 Å². The third-order valence-corrected chi connectivity index (χ3v) is 9.95. The average Bonchev–Trinajstić information content (AvgIpc) is 3.36. The number of hydrogen-bond acceptors (Lipinski definition) is 9. The van der Waals surface area contributed by atoms with Crippen molar-refractivity contribution in [1.29, 1.82) is 0 Å². The van der Waals surface area contributed by atoms with Crippen molar-refractivity contribution in [3.8, 4) is 28.7 Å². The first-order valence-electron chi connectivity index (χ1n) is 10.6. The molecular weight excluding hydrogens is 496 g/mol. The highest BCUT2D eigenvalue weighted by Crippen LogP contribution is 2.58. The lowest BCUT2D eigenvalue weighted by Gasteiger charge is -2.19. The van der Waals surface area contributed by atoms with Gasteiger partial charge < -0.3 is 23.7 Å². The second-order valence-corrected chi connectivity index (χ2v) is 12.0. The van der Waals surface area contributed by atoms with Crippen molar-refractivity contribution in [2.75, 3.05) is 40.8 Å². The largest absolute Gasteiger partial charge is 0.493 e. The number of ether oxygens (including phenoxy) is 5. The molecule has 1 aliphatic heterocycles. The molecule has 0 N–H and O–H groups in total. The molecule has 1 heterocycles. The Morgan fingerprint density at radius 3 is 2.06 bits per heavy atom. The van der Waals surface area contributed by atoms with Crippen LogP contribution in [0, 0.1) is 0 Å². The van der Waals surface area contributed by atoms with Crippen molar-refractivity contribution in [3.05, 3.63) is 47.4 Å². The number of hydrogen-bond donors (Lipinski definition) is 0. The van der Waals surface area contributed by atoms with E-state index in [-0.39, 0.29) is 20.5 Å².